The van der Waals surface area contributed by atoms with E-state index >= 15 is 0 Å². The molecular formula is C22H19NO4S. The van der Waals surface area contributed by atoms with Crippen molar-refractivity contribution in [2.75, 3.05) is 11.9 Å². The minimum Gasteiger partial charge on any atom is -0.494 e. The second-order valence-corrected chi connectivity index (χ2v) is 7.58. The molecule has 2 aromatic carbocycles. The van der Waals surface area contributed by atoms with Crippen LogP contribution in [-0.2, 0) is 4.79 Å². The van der Waals surface area contributed by atoms with E-state index in [2.05, 4.69) is 5.32 Å². The van der Waals surface area contributed by atoms with Gasteiger partial charge in [-0.25, -0.2) is 4.79 Å². The average Bonchev–Trinajstić information content (AvgIpc) is 3.08. The molecule has 0 fully saturated rings. The molecule has 1 aromatic heterocycles. The number of fused-ring (bicyclic) bond motifs is 1. The summed E-state index contributed by atoms with van der Waals surface area (Å²) in [5.74, 6) is -0.573. The highest BCUT2D eigenvalue weighted by Gasteiger charge is 2.34. The number of hydrogen-bond donors (Lipinski definition) is 2. The molecule has 0 aliphatic carbocycles. The van der Waals surface area contributed by atoms with Crippen LogP contribution in [0.2, 0.25) is 0 Å². The van der Waals surface area contributed by atoms with Gasteiger partial charge >= 0.3 is 5.97 Å². The lowest BCUT2D eigenvalue weighted by Gasteiger charge is -2.24. The van der Waals surface area contributed by atoms with E-state index in [0.717, 1.165) is 21.8 Å². The first-order chi connectivity index (χ1) is 13.6. The SMILES string of the molecule is CCOc1cccc([C@@H]2CC(=O)Nc3c2sc(C(=O)O)c3-c2ccccc2)c1. The van der Waals surface area contributed by atoms with Crippen LogP contribution in [0.3, 0.4) is 0 Å². The number of aromatic carboxylic acids is 1. The number of nitrogens with one attached hydrogen (secondary N) is 1. The quantitative estimate of drug-likeness (QED) is 0.641. The zero-order valence-electron chi connectivity index (χ0n) is 15.3. The minimum absolute atomic E-state index is 0.119. The Morgan fingerprint density at radius 3 is 2.71 bits per heavy atom. The molecule has 2 heterocycles. The van der Waals surface area contributed by atoms with Gasteiger partial charge in [-0.3, -0.25) is 4.79 Å². The van der Waals surface area contributed by atoms with Gasteiger partial charge in [0.15, 0.2) is 0 Å². The third-order valence-electron chi connectivity index (χ3n) is 4.73. The van der Waals surface area contributed by atoms with Crippen LogP contribution < -0.4 is 10.1 Å². The maximum atomic E-state index is 12.5. The van der Waals surface area contributed by atoms with Crippen molar-refractivity contribution < 1.29 is 19.4 Å². The second-order valence-electron chi connectivity index (χ2n) is 6.53. The first-order valence-corrected chi connectivity index (χ1v) is 9.88. The molecule has 2 N–H and O–H groups in total. The standard InChI is InChI=1S/C22H19NO4S/c1-2-27-15-10-6-9-14(11-15)16-12-17(24)23-19-18(13-7-4-3-5-8-13)21(22(25)26)28-20(16)19/h3-11,16H,2,12H2,1H3,(H,23,24)(H,25,26)/t16-/m0/s1. The maximum Gasteiger partial charge on any atom is 0.346 e. The molecule has 28 heavy (non-hydrogen) atoms. The average molecular weight is 393 g/mol. The first kappa shape index (κ1) is 18.3. The molecule has 0 saturated heterocycles. The van der Waals surface area contributed by atoms with Gasteiger partial charge in [0, 0.05) is 22.8 Å². The Bertz CT molecular complexity index is 1040. The largest absolute Gasteiger partial charge is 0.494 e. The molecule has 1 aliphatic heterocycles. The van der Waals surface area contributed by atoms with Gasteiger partial charge in [-0.15, -0.1) is 11.3 Å². The van der Waals surface area contributed by atoms with Crippen molar-refractivity contribution in [2.45, 2.75) is 19.3 Å². The van der Waals surface area contributed by atoms with E-state index in [9.17, 15) is 14.7 Å². The molecule has 1 atom stereocenters. The summed E-state index contributed by atoms with van der Waals surface area (Å²) in [6.45, 7) is 2.48. The van der Waals surface area contributed by atoms with Gasteiger partial charge in [-0.1, -0.05) is 42.5 Å². The van der Waals surface area contributed by atoms with E-state index in [0.29, 0.717) is 17.9 Å². The highest BCUT2D eigenvalue weighted by molar-refractivity contribution is 7.15. The number of carboxylic acids is 1. The molecule has 0 radical (unpaired) electrons. The van der Waals surface area contributed by atoms with Crippen LogP contribution in [0.25, 0.3) is 11.1 Å². The van der Waals surface area contributed by atoms with Crippen molar-refractivity contribution in [2.24, 2.45) is 0 Å². The Morgan fingerprint density at radius 2 is 2.00 bits per heavy atom. The maximum absolute atomic E-state index is 12.5. The Morgan fingerprint density at radius 1 is 1.21 bits per heavy atom. The van der Waals surface area contributed by atoms with Crippen LogP contribution in [-0.4, -0.2) is 23.6 Å². The second kappa shape index (κ2) is 7.48. The van der Waals surface area contributed by atoms with Gasteiger partial charge in [0.2, 0.25) is 5.91 Å². The normalized spacial score (nSPS) is 15.6. The summed E-state index contributed by atoms with van der Waals surface area (Å²) < 4.78 is 5.60. The number of benzene rings is 2. The zero-order valence-corrected chi connectivity index (χ0v) is 16.1. The summed E-state index contributed by atoms with van der Waals surface area (Å²) in [6.07, 6.45) is 0.274. The Balaban J connectivity index is 1.89. The number of carboxylic acid groups (broad SMARTS) is 1. The van der Waals surface area contributed by atoms with Crippen molar-refractivity contribution in [1.29, 1.82) is 0 Å². The van der Waals surface area contributed by atoms with Crippen molar-refractivity contribution in [3.63, 3.8) is 0 Å². The fourth-order valence-electron chi connectivity index (χ4n) is 3.57. The Hall–Kier alpha value is -3.12. The number of carbonyl (C=O) groups excluding carboxylic acids is 1. The minimum atomic E-state index is -0.991. The number of carbonyl (C=O) groups is 2. The number of thiophene rings is 1. The Kier molecular flexibility index (Phi) is 4.88. The number of ether oxygens (including phenoxy) is 1. The lowest BCUT2D eigenvalue weighted by atomic mass is 9.88. The lowest BCUT2D eigenvalue weighted by Crippen LogP contribution is -2.22. The molecule has 1 aliphatic rings. The zero-order chi connectivity index (χ0) is 19.7. The molecule has 0 saturated carbocycles. The van der Waals surface area contributed by atoms with E-state index in [4.69, 9.17) is 4.74 Å². The molecular weight excluding hydrogens is 374 g/mol. The predicted molar refractivity (Wildman–Crippen MR) is 109 cm³/mol. The Labute approximate surface area is 166 Å². The van der Waals surface area contributed by atoms with Gasteiger partial charge in [0.05, 0.1) is 12.3 Å². The number of anilines is 1. The summed E-state index contributed by atoms with van der Waals surface area (Å²) in [5, 5.41) is 12.7. The monoisotopic (exact) mass is 393 g/mol. The molecule has 0 bridgehead atoms. The molecule has 5 nitrogen and oxygen atoms in total. The van der Waals surface area contributed by atoms with Crippen LogP contribution in [0.1, 0.15) is 39.4 Å². The van der Waals surface area contributed by atoms with E-state index in [1.165, 1.54) is 11.3 Å². The van der Waals surface area contributed by atoms with Crippen molar-refractivity contribution in [1.82, 2.24) is 0 Å². The lowest BCUT2D eigenvalue weighted by molar-refractivity contribution is -0.116. The predicted octanol–water partition coefficient (Wildman–Crippen LogP) is 4.99. The van der Waals surface area contributed by atoms with Crippen LogP contribution in [0, 0.1) is 0 Å². The van der Waals surface area contributed by atoms with E-state index in [1.54, 1.807) is 0 Å². The van der Waals surface area contributed by atoms with E-state index < -0.39 is 5.97 Å². The summed E-state index contributed by atoms with van der Waals surface area (Å²) in [4.78, 5) is 25.6. The fourth-order valence-corrected chi connectivity index (χ4v) is 4.82. The van der Waals surface area contributed by atoms with Crippen molar-refractivity contribution in [3.05, 3.63) is 69.9 Å². The molecule has 4 rings (SSSR count). The fraction of sp³-hybridized carbons (Fsp3) is 0.182. The smallest absolute Gasteiger partial charge is 0.346 e. The summed E-state index contributed by atoms with van der Waals surface area (Å²) in [5.41, 5.74) is 2.91. The van der Waals surface area contributed by atoms with E-state index in [-0.39, 0.29) is 23.1 Å². The van der Waals surface area contributed by atoms with E-state index in [1.807, 2.05) is 61.5 Å². The first-order valence-electron chi connectivity index (χ1n) is 9.06. The van der Waals surface area contributed by atoms with Crippen molar-refractivity contribution >= 4 is 28.9 Å². The molecule has 142 valence electrons. The molecule has 0 unspecified atom stereocenters. The number of hydrogen-bond acceptors (Lipinski definition) is 4. The topological polar surface area (TPSA) is 75.6 Å². The third-order valence-corrected chi connectivity index (χ3v) is 6.03. The molecule has 1 amide bonds. The van der Waals surface area contributed by atoms with Gasteiger partial charge in [-0.2, -0.15) is 0 Å². The van der Waals surface area contributed by atoms with Gasteiger partial charge in [0.1, 0.15) is 10.6 Å². The van der Waals surface area contributed by atoms with Crippen molar-refractivity contribution in [3.8, 4) is 16.9 Å². The van der Waals surface area contributed by atoms with Gasteiger partial charge in [-0.05, 0) is 30.2 Å². The number of rotatable bonds is 5. The molecule has 0 spiro atoms. The van der Waals surface area contributed by atoms with Crippen LogP contribution in [0.5, 0.6) is 5.75 Å². The van der Waals surface area contributed by atoms with Crippen LogP contribution >= 0.6 is 11.3 Å². The highest BCUT2D eigenvalue weighted by Crippen LogP contribution is 2.49. The van der Waals surface area contributed by atoms with Crippen LogP contribution in [0.15, 0.2) is 54.6 Å². The van der Waals surface area contributed by atoms with Gasteiger partial charge in [0.25, 0.3) is 0 Å². The summed E-state index contributed by atoms with van der Waals surface area (Å²) in [6, 6.07) is 17.0. The summed E-state index contributed by atoms with van der Waals surface area (Å²) >= 11 is 1.23. The third kappa shape index (κ3) is 3.27. The summed E-state index contributed by atoms with van der Waals surface area (Å²) in [7, 11) is 0. The molecule has 3 aromatic rings. The molecule has 6 heteroatoms. The highest BCUT2D eigenvalue weighted by atomic mass is 32.1. The van der Waals surface area contributed by atoms with Gasteiger partial charge < -0.3 is 15.2 Å². The van der Waals surface area contributed by atoms with Crippen LogP contribution in [0.4, 0.5) is 5.69 Å². The number of amides is 1.